The van der Waals surface area contributed by atoms with Gasteiger partial charge in [-0.25, -0.2) is 4.79 Å². The zero-order valence-electron chi connectivity index (χ0n) is 21.8. The van der Waals surface area contributed by atoms with Crippen molar-refractivity contribution in [3.8, 4) is 0 Å². The number of nitrogens with zero attached hydrogens (tertiary/aromatic N) is 2. The Labute approximate surface area is 233 Å². The largest absolute Gasteiger partial charge is 0.481 e. The van der Waals surface area contributed by atoms with E-state index in [-0.39, 0.29) is 29.9 Å². The topological polar surface area (TPSA) is 70.1 Å². The van der Waals surface area contributed by atoms with Crippen LogP contribution in [0.15, 0.2) is 0 Å². The van der Waals surface area contributed by atoms with Crippen LogP contribution in [0, 0.1) is 23.7 Å². The monoisotopic (exact) mass is 604 g/mol. The van der Waals surface area contributed by atoms with E-state index in [0.29, 0.717) is 39.9 Å². The van der Waals surface area contributed by atoms with E-state index in [2.05, 4.69) is 25.7 Å². The van der Waals surface area contributed by atoms with Crippen LogP contribution >= 0.6 is 39.3 Å². The first-order valence-corrected chi connectivity index (χ1v) is 16.3. The molecule has 36 heavy (non-hydrogen) atoms. The highest BCUT2D eigenvalue weighted by molar-refractivity contribution is 9.09. The lowest BCUT2D eigenvalue weighted by Crippen LogP contribution is -2.54. The van der Waals surface area contributed by atoms with Crippen molar-refractivity contribution in [3.05, 3.63) is 0 Å². The Bertz CT molecular complexity index is 839. The summed E-state index contributed by atoms with van der Waals surface area (Å²) in [6, 6.07) is 0.907. The first-order valence-electron chi connectivity index (χ1n) is 13.9. The molecule has 0 spiro atoms. The number of hydrogen-bond acceptors (Lipinski definition) is 5. The maximum atomic E-state index is 13.3. The smallest absolute Gasteiger partial charge is 0.410 e. The number of carboxylic acid groups (broad SMARTS) is 1. The van der Waals surface area contributed by atoms with Crippen LogP contribution < -0.4 is 0 Å². The number of alkyl halides is 2. The van der Waals surface area contributed by atoms with Gasteiger partial charge in [-0.2, -0.15) is 11.8 Å². The maximum absolute atomic E-state index is 13.3. The van der Waals surface area contributed by atoms with Crippen LogP contribution in [-0.4, -0.2) is 85.0 Å². The maximum Gasteiger partial charge on any atom is 0.410 e. The van der Waals surface area contributed by atoms with Crippen LogP contribution in [0.4, 0.5) is 4.79 Å². The molecule has 0 radical (unpaired) electrons. The quantitative estimate of drug-likeness (QED) is 0.384. The Morgan fingerprint density at radius 2 is 1.86 bits per heavy atom. The number of halogens is 2. The van der Waals surface area contributed by atoms with E-state index in [1.807, 2.05) is 32.5 Å². The Hall–Kier alpha value is -0.180. The fourth-order valence-electron chi connectivity index (χ4n) is 7.56. The normalized spacial score (nSPS) is 41.0. The first kappa shape index (κ1) is 27.4. The highest BCUT2D eigenvalue weighted by Crippen LogP contribution is 2.51. The number of hydrogen-bond donors (Lipinski definition) is 1. The van der Waals surface area contributed by atoms with Gasteiger partial charge in [0.25, 0.3) is 0 Å². The van der Waals surface area contributed by atoms with Gasteiger partial charge >= 0.3 is 12.1 Å². The Morgan fingerprint density at radius 3 is 2.53 bits per heavy atom. The highest BCUT2D eigenvalue weighted by Gasteiger charge is 2.53. The molecule has 0 aromatic rings. The lowest BCUT2D eigenvalue weighted by molar-refractivity contribution is -0.138. The predicted octanol–water partition coefficient (Wildman–Crippen LogP) is 5.84. The van der Waals surface area contributed by atoms with Crippen LogP contribution in [0.5, 0.6) is 0 Å². The molecule has 9 heteroatoms. The Kier molecular flexibility index (Phi) is 8.19. The van der Waals surface area contributed by atoms with Gasteiger partial charge in [0.15, 0.2) is 0 Å². The molecule has 3 aliphatic carbocycles. The molecule has 2 saturated heterocycles. The molecule has 2 heterocycles. The van der Waals surface area contributed by atoms with Crippen molar-refractivity contribution in [3.63, 3.8) is 0 Å². The number of thioether (sulfide) groups is 1. The highest BCUT2D eigenvalue weighted by atomic mass is 79.9. The molecule has 1 amide bonds. The van der Waals surface area contributed by atoms with Gasteiger partial charge in [-0.05, 0) is 95.1 Å². The van der Waals surface area contributed by atoms with E-state index < -0.39 is 11.6 Å². The predicted molar refractivity (Wildman–Crippen MR) is 148 cm³/mol. The standard InChI is InChI=1S/C27H42BrClN2O4S/c1-27(2,3)35-26(34)31(19-5-6-19)23-11-18(29)10-21-16(14-36-25(21)23)13-30-12-15(8-24(32)33)20-7-4-17(28)9-22(20)30/h15-23,25H,4-14H2,1-3H3,(H,32,33). The second kappa shape index (κ2) is 10.8. The van der Waals surface area contributed by atoms with Crippen molar-refractivity contribution >= 4 is 51.4 Å². The second-order valence-corrected chi connectivity index (χ2v) is 16.1. The number of rotatable bonds is 6. The Balaban J connectivity index is 1.30. The third-order valence-electron chi connectivity index (χ3n) is 9.09. The van der Waals surface area contributed by atoms with Gasteiger partial charge in [-0.3, -0.25) is 9.69 Å². The summed E-state index contributed by atoms with van der Waals surface area (Å²) in [6.07, 6.45) is 7.47. The molecule has 0 aromatic heterocycles. The van der Waals surface area contributed by atoms with E-state index in [1.54, 1.807) is 0 Å². The van der Waals surface area contributed by atoms with Gasteiger partial charge in [-0.1, -0.05) is 15.9 Å². The molecule has 0 aromatic carbocycles. The minimum absolute atomic E-state index is 0.0776. The first-order chi connectivity index (χ1) is 17.0. The van der Waals surface area contributed by atoms with E-state index in [4.69, 9.17) is 16.3 Å². The molecule has 3 saturated carbocycles. The minimum Gasteiger partial charge on any atom is -0.481 e. The second-order valence-electron chi connectivity index (χ2n) is 12.9. The molecule has 5 fully saturated rings. The number of aliphatic carboxylic acids is 1. The molecule has 9 unspecified atom stereocenters. The zero-order chi connectivity index (χ0) is 25.8. The molecule has 1 N–H and O–H groups in total. The number of ether oxygens (including phenoxy) is 1. The van der Waals surface area contributed by atoms with Crippen molar-refractivity contribution in [1.82, 2.24) is 9.80 Å². The average molecular weight is 606 g/mol. The molecule has 2 aliphatic heterocycles. The molecule has 5 aliphatic rings. The number of amides is 1. The number of likely N-dealkylation sites (tertiary alicyclic amines) is 1. The van der Waals surface area contributed by atoms with Gasteiger partial charge in [0, 0.05) is 53.1 Å². The van der Waals surface area contributed by atoms with Crippen molar-refractivity contribution in [1.29, 1.82) is 0 Å². The number of carbonyl (C=O) groups is 2. The number of carboxylic acids is 1. The fraction of sp³-hybridized carbons (Fsp3) is 0.926. The SMILES string of the molecule is CC(C)(C)OC(=O)N(C1CC1)C1CC(Cl)CC2C(CN3CC(CC(=O)O)C4CCC(Br)CC43)CSC21. The van der Waals surface area contributed by atoms with Crippen molar-refractivity contribution < 1.29 is 19.4 Å². The summed E-state index contributed by atoms with van der Waals surface area (Å²) in [6.45, 7) is 7.74. The van der Waals surface area contributed by atoms with Crippen molar-refractivity contribution in [2.45, 2.75) is 111 Å². The van der Waals surface area contributed by atoms with E-state index >= 15 is 0 Å². The third kappa shape index (κ3) is 6.02. The average Bonchev–Trinajstić information content (AvgIpc) is 3.43. The van der Waals surface area contributed by atoms with Gasteiger partial charge in [0.05, 0.1) is 0 Å². The molecule has 0 bridgehead atoms. The minimum atomic E-state index is -0.666. The van der Waals surface area contributed by atoms with Crippen molar-refractivity contribution in [2.75, 3.05) is 18.8 Å². The molecule has 6 nitrogen and oxygen atoms in total. The molecular formula is C27H42BrClN2O4S. The van der Waals surface area contributed by atoms with Gasteiger partial charge in [-0.15, -0.1) is 11.6 Å². The van der Waals surface area contributed by atoms with Crippen LogP contribution in [0.1, 0.15) is 72.1 Å². The summed E-state index contributed by atoms with van der Waals surface area (Å²) in [5.41, 5.74) is -0.504. The van der Waals surface area contributed by atoms with E-state index in [9.17, 15) is 14.7 Å². The lowest BCUT2D eigenvalue weighted by atomic mass is 9.76. The van der Waals surface area contributed by atoms with E-state index in [0.717, 1.165) is 63.8 Å². The molecule has 204 valence electrons. The molecule has 5 rings (SSSR count). The summed E-state index contributed by atoms with van der Waals surface area (Å²) in [5, 5.41) is 10.0. The number of carbonyl (C=O) groups excluding carboxylic acids is 1. The summed E-state index contributed by atoms with van der Waals surface area (Å²) in [5.74, 6) is 2.20. The summed E-state index contributed by atoms with van der Waals surface area (Å²) in [4.78, 5) is 30.1. The molecule has 9 atom stereocenters. The summed E-state index contributed by atoms with van der Waals surface area (Å²) >= 11 is 12.8. The zero-order valence-corrected chi connectivity index (χ0v) is 24.9. The van der Waals surface area contributed by atoms with Crippen LogP contribution in [0.2, 0.25) is 0 Å². The van der Waals surface area contributed by atoms with Gasteiger partial charge in [0.1, 0.15) is 5.60 Å². The third-order valence-corrected chi connectivity index (χ3v) is 11.9. The van der Waals surface area contributed by atoms with Crippen LogP contribution in [0.25, 0.3) is 0 Å². The number of fused-ring (bicyclic) bond motifs is 2. The van der Waals surface area contributed by atoms with Gasteiger partial charge in [0.2, 0.25) is 0 Å². The summed E-state index contributed by atoms with van der Waals surface area (Å²) < 4.78 is 5.86. The van der Waals surface area contributed by atoms with Crippen LogP contribution in [0.3, 0.4) is 0 Å². The van der Waals surface area contributed by atoms with Crippen LogP contribution in [-0.2, 0) is 9.53 Å². The van der Waals surface area contributed by atoms with Crippen molar-refractivity contribution in [2.24, 2.45) is 23.7 Å². The summed E-state index contributed by atoms with van der Waals surface area (Å²) in [7, 11) is 0. The molecular weight excluding hydrogens is 564 g/mol. The van der Waals surface area contributed by atoms with Gasteiger partial charge < -0.3 is 14.7 Å². The van der Waals surface area contributed by atoms with E-state index in [1.165, 1.54) is 0 Å². The Morgan fingerprint density at radius 1 is 1.11 bits per heavy atom. The fourth-order valence-corrected chi connectivity index (χ4v) is 10.5. The lowest BCUT2D eigenvalue weighted by Gasteiger charge is -2.44.